The molecule has 4 rings (SSSR count). The van der Waals surface area contributed by atoms with Crippen molar-refractivity contribution in [3.63, 3.8) is 0 Å². The molecule has 3 aromatic rings. The molecule has 2 aromatic heterocycles. The minimum atomic E-state index is -4.54. The Morgan fingerprint density at radius 2 is 2.07 bits per heavy atom. The number of tetrazole rings is 1. The van der Waals surface area contributed by atoms with Crippen molar-refractivity contribution in [1.29, 1.82) is 0 Å². The molecule has 1 aliphatic rings. The van der Waals surface area contributed by atoms with Crippen molar-refractivity contribution in [2.45, 2.75) is 25.1 Å². The van der Waals surface area contributed by atoms with Gasteiger partial charge in [0, 0.05) is 35.2 Å². The van der Waals surface area contributed by atoms with E-state index in [2.05, 4.69) is 25.7 Å². The van der Waals surface area contributed by atoms with Gasteiger partial charge in [0.2, 0.25) is 0 Å². The number of aryl methyl sites for hydroxylation is 1. The second kappa shape index (κ2) is 7.08. The molecule has 1 aliphatic heterocycles. The van der Waals surface area contributed by atoms with Crippen LogP contribution in [0.5, 0.6) is 0 Å². The van der Waals surface area contributed by atoms with Gasteiger partial charge in [0.05, 0.1) is 12.6 Å². The van der Waals surface area contributed by atoms with Crippen molar-refractivity contribution < 1.29 is 13.2 Å². The van der Waals surface area contributed by atoms with Gasteiger partial charge >= 0.3 is 6.18 Å². The Bertz CT molecular complexity index is 1000. The molecule has 148 valence electrons. The number of hydrogen-bond acceptors (Lipinski definition) is 6. The van der Waals surface area contributed by atoms with Crippen molar-refractivity contribution in [1.82, 2.24) is 25.2 Å². The van der Waals surface area contributed by atoms with E-state index in [1.807, 2.05) is 4.90 Å². The lowest BCUT2D eigenvalue weighted by Gasteiger charge is -2.33. The molecule has 1 N–H and O–H groups in total. The minimum Gasteiger partial charge on any atom is -0.380 e. The number of piperidine rings is 1. The van der Waals surface area contributed by atoms with E-state index >= 15 is 0 Å². The first-order valence-corrected chi connectivity index (χ1v) is 9.10. The van der Waals surface area contributed by atoms with Crippen LogP contribution in [-0.4, -0.2) is 44.3 Å². The molecule has 1 aromatic carbocycles. The molecule has 0 saturated carbocycles. The summed E-state index contributed by atoms with van der Waals surface area (Å²) in [5.41, 5.74) is -0.336. The zero-order valence-corrected chi connectivity index (χ0v) is 15.7. The van der Waals surface area contributed by atoms with E-state index in [0.29, 0.717) is 28.6 Å². The fraction of sp³-hybridized carbons (Fsp3) is 0.412. The Kier molecular flexibility index (Phi) is 4.74. The summed E-state index contributed by atoms with van der Waals surface area (Å²) in [6.07, 6.45) is -2.87. The highest BCUT2D eigenvalue weighted by Crippen LogP contribution is 2.34. The molecule has 0 radical (unpaired) electrons. The standard InChI is InChI=1S/C17H17ClF3N7/c1-27-25-16(24-26-27)28-6-2-3-11(9-28)22-14-8-15(17(19,20)21)23-13-5-4-10(18)7-12(13)14/h4-5,7-8,11H,2-3,6,9H2,1H3,(H,22,23)/t11-/m1/s1. The summed E-state index contributed by atoms with van der Waals surface area (Å²) in [5, 5.41) is 16.3. The third-order valence-electron chi connectivity index (χ3n) is 4.62. The highest BCUT2D eigenvalue weighted by atomic mass is 35.5. The van der Waals surface area contributed by atoms with Crippen molar-refractivity contribution in [3.05, 3.63) is 35.0 Å². The number of nitrogens with one attached hydrogen (secondary N) is 1. The van der Waals surface area contributed by atoms with Gasteiger partial charge < -0.3 is 10.2 Å². The monoisotopic (exact) mass is 411 g/mol. The molecule has 28 heavy (non-hydrogen) atoms. The van der Waals surface area contributed by atoms with E-state index in [4.69, 9.17) is 11.6 Å². The van der Waals surface area contributed by atoms with Gasteiger partial charge in [-0.1, -0.05) is 16.7 Å². The maximum atomic E-state index is 13.3. The molecule has 1 atom stereocenters. The Hall–Kier alpha value is -2.62. The highest BCUT2D eigenvalue weighted by Gasteiger charge is 2.34. The van der Waals surface area contributed by atoms with Gasteiger partial charge in [-0.2, -0.15) is 18.0 Å². The lowest BCUT2D eigenvalue weighted by atomic mass is 10.0. The van der Waals surface area contributed by atoms with E-state index in [1.165, 1.54) is 16.9 Å². The molecular weight excluding hydrogens is 395 g/mol. The summed E-state index contributed by atoms with van der Waals surface area (Å²) in [6, 6.07) is 5.61. The van der Waals surface area contributed by atoms with Gasteiger partial charge in [0.1, 0.15) is 5.69 Å². The molecular formula is C17H17ClF3N7. The molecule has 3 heterocycles. The van der Waals surface area contributed by atoms with Crippen LogP contribution in [0.4, 0.5) is 24.8 Å². The molecule has 0 bridgehead atoms. The Balaban J connectivity index is 1.65. The molecule has 0 aliphatic carbocycles. The number of fused-ring (bicyclic) bond motifs is 1. The van der Waals surface area contributed by atoms with Crippen LogP contribution in [0.1, 0.15) is 18.5 Å². The molecule has 1 saturated heterocycles. The van der Waals surface area contributed by atoms with Gasteiger partial charge in [-0.05, 0) is 42.3 Å². The van der Waals surface area contributed by atoms with Crippen LogP contribution >= 0.6 is 11.6 Å². The maximum absolute atomic E-state index is 13.3. The Morgan fingerprint density at radius 3 is 2.79 bits per heavy atom. The second-order valence-electron chi connectivity index (χ2n) is 6.72. The average molecular weight is 412 g/mol. The molecule has 7 nitrogen and oxygen atoms in total. The number of benzene rings is 1. The van der Waals surface area contributed by atoms with E-state index in [-0.39, 0.29) is 11.6 Å². The van der Waals surface area contributed by atoms with Crippen LogP contribution in [0.15, 0.2) is 24.3 Å². The fourth-order valence-electron chi connectivity index (χ4n) is 3.36. The van der Waals surface area contributed by atoms with Crippen molar-refractivity contribution in [2.75, 3.05) is 23.3 Å². The van der Waals surface area contributed by atoms with Gasteiger partial charge in [-0.25, -0.2) is 4.98 Å². The molecule has 11 heteroatoms. The lowest BCUT2D eigenvalue weighted by Crippen LogP contribution is -2.42. The number of alkyl halides is 3. The van der Waals surface area contributed by atoms with Gasteiger partial charge in [0.25, 0.3) is 5.95 Å². The van der Waals surface area contributed by atoms with Crippen LogP contribution in [0.3, 0.4) is 0 Å². The van der Waals surface area contributed by atoms with Crippen molar-refractivity contribution >= 4 is 34.1 Å². The topological polar surface area (TPSA) is 71.8 Å². The average Bonchev–Trinajstić information content (AvgIpc) is 3.08. The summed E-state index contributed by atoms with van der Waals surface area (Å²) in [4.78, 5) is 7.08. The second-order valence-corrected chi connectivity index (χ2v) is 7.16. The summed E-state index contributed by atoms with van der Waals surface area (Å²) >= 11 is 6.06. The van der Waals surface area contributed by atoms with Crippen LogP contribution in [-0.2, 0) is 13.2 Å². The van der Waals surface area contributed by atoms with Gasteiger partial charge in [-0.3, -0.25) is 0 Å². The van der Waals surface area contributed by atoms with Crippen LogP contribution in [0.2, 0.25) is 5.02 Å². The molecule has 1 fully saturated rings. The van der Waals surface area contributed by atoms with Gasteiger partial charge in [0.15, 0.2) is 0 Å². The maximum Gasteiger partial charge on any atom is 0.433 e. The third kappa shape index (κ3) is 3.82. The van der Waals surface area contributed by atoms with Gasteiger partial charge in [-0.15, -0.1) is 5.10 Å². The zero-order valence-electron chi connectivity index (χ0n) is 14.9. The summed E-state index contributed by atoms with van der Waals surface area (Å²) in [7, 11) is 1.68. The Labute approximate surface area is 163 Å². The normalized spacial score (nSPS) is 17.9. The number of hydrogen-bond donors (Lipinski definition) is 1. The lowest BCUT2D eigenvalue weighted by molar-refractivity contribution is -0.140. The minimum absolute atomic E-state index is 0.0804. The summed E-state index contributed by atoms with van der Waals surface area (Å²) in [5.74, 6) is 0.507. The number of halogens is 4. The highest BCUT2D eigenvalue weighted by molar-refractivity contribution is 6.31. The number of rotatable bonds is 3. The number of nitrogens with zero attached hydrogens (tertiary/aromatic N) is 6. The molecule has 0 amide bonds. The van der Waals surface area contributed by atoms with E-state index < -0.39 is 11.9 Å². The number of pyridine rings is 1. The van der Waals surface area contributed by atoms with E-state index in [1.54, 1.807) is 13.1 Å². The van der Waals surface area contributed by atoms with Crippen LogP contribution in [0.25, 0.3) is 10.9 Å². The largest absolute Gasteiger partial charge is 0.433 e. The van der Waals surface area contributed by atoms with Crippen molar-refractivity contribution in [2.24, 2.45) is 7.05 Å². The first-order chi connectivity index (χ1) is 13.3. The fourth-order valence-corrected chi connectivity index (χ4v) is 3.53. The van der Waals surface area contributed by atoms with Crippen LogP contribution in [0, 0.1) is 0 Å². The summed E-state index contributed by atoms with van der Waals surface area (Å²) < 4.78 is 39.9. The molecule has 0 spiro atoms. The first kappa shape index (κ1) is 18.7. The van der Waals surface area contributed by atoms with E-state index in [0.717, 1.165) is 25.5 Å². The zero-order chi connectivity index (χ0) is 19.9. The third-order valence-corrected chi connectivity index (χ3v) is 4.86. The molecule has 0 unspecified atom stereocenters. The predicted molar refractivity (Wildman–Crippen MR) is 99.4 cm³/mol. The van der Waals surface area contributed by atoms with Crippen molar-refractivity contribution in [3.8, 4) is 0 Å². The SMILES string of the molecule is Cn1nnc(N2CCC[C@@H](Nc3cc(C(F)(F)F)nc4ccc(Cl)cc34)C2)n1. The predicted octanol–water partition coefficient (Wildman–Crippen LogP) is 3.51. The number of anilines is 2. The van der Waals surface area contributed by atoms with Crippen LogP contribution < -0.4 is 10.2 Å². The summed E-state index contributed by atoms with van der Waals surface area (Å²) in [6.45, 7) is 1.32. The Morgan fingerprint density at radius 1 is 1.25 bits per heavy atom. The first-order valence-electron chi connectivity index (χ1n) is 8.72. The number of aromatic nitrogens is 5. The quantitative estimate of drug-likeness (QED) is 0.711. The van der Waals surface area contributed by atoms with E-state index in [9.17, 15) is 13.2 Å². The smallest absolute Gasteiger partial charge is 0.380 e.